The molecule has 3 N–H and O–H groups in total. The lowest BCUT2D eigenvalue weighted by Crippen LogP contribution is -2.03. The lowest BCUT2D eigenvalue weighted by atomic mass is 10.2. The van der Waals surface area contributed by atoms with Gasteiger partial charge in [-0.05, 0) is 23.8 Å². The first kappa shape index (κ1) is 11.6. The summed E-state index contributed by atoms with van der Waals surface area (Å²) in [5.41, 5.74) is 5.92. The molecule has 0 aliphatic heterocycles. The standard InChI is InChI=1S/C9H9FN2.ClH/c10-8-4-1-7(2-5-8)3-6-9(11)12;/h1-6H,(H3,11,12);1H/b6-3+;. The molecule has 0 spiro atoms. The zero-order valence-electron chi connectivity index (χ0n) is 6.83. The lowest BCUT2D eigenvalue weighted by Gasteiger charge is -1.91. The quantitative estimate of drug-likeness (QED) is 0.558. The van der Waals surface area contributed by atoms with Gasteiger partial charge in [0.2, 0.25) is 0 Å². The van der Waals surface area contributed by atoms with Crippen molar-refractivity contribution in [1.82, 2.24) is 0 Å². The van der Waals surface area contributed by atoms with E-state index in [1.165, 1.54) is 18.2 Å². The fourth-order valence-corrected chi connectivity index (χ4v) is 0.760. The molecule has 2 nitrogen and oxygen atoms in total. The second-order valence-corrected chi connectivity index (χ2v) is 2.34. The normalized spacial score (nSPS) is 9.62. The van der Waals surface area contributed by atoms with E-state index in [1.54, 1.807) is 18.2 Å². The summed E-state index contributed by atoms with van der Waals surface area (Å²) in [4.78, 5) is 0. The molecule has 1 aromatic carbocycles. The maximum absolute atomic E-state index is 12.4. The molecule has 13 heavy (non-hydrogen) atoms. The number of nitrogens with two attached hydrogens (primary N) is 1. The summed E-state index contributed by atoms with van der Waals surface area (Å²) in [6.07, 6.45) is 3.11. The Morgan fingerprint density at radius 3 is 2.31 bits per heavy atom. The third-order valence-electron chi connectivity index (χ3n) is 1.33. The number of hydrogen-bond acceptors (Lipinski definition) is 1. The highest BCUT2D eigenvalue weighted by molar-refractivity contribution is 5.92. The van der Waals surface area contributed by atoms with Gasteiger partial charge in [-0.3, -0.25) is 5.41 Å². The van der Waals surface area contributed by atoms with Crippen LogP contribution in [0.2, 0.25) is 0 Å². The highest BCUT2D eigenvalue weighted by Gasteiger charge is 1.88. The Morgan fingerprint density at radius 1 is 1.31 bits per heavy atom. The predicted octanol–water partition coefficient (Wildman–Crippen LogP) is 2.20. The summed E-state index contributed by atoms with van der Waals surface area (Å²) in [5, 5.41) is 6.90. The molecule has 4 heteroatoms. The van der Waals surface area contributed by atoms with Crippen molar-refractivity contribution < 1.29 is 4.39 Å². The van der Waals surface area contributed by atoms with Crippen LogP contribution >= 0.6 is 12.4 Å². The van der Waals surface area contributed by atoms with Gasteiger partial charge in [-0.2, -0.15) is 0 Å². The Kier molecular flexibility index (Phi) is 4.77. The number of benzene rings is 1. The maximum Gasteiger partial charge on any atom is 0.123 e. The summed E-state index contributed by atoms with van der Waals surface area (Å²) >= 11 is 0. The van der Waals surface area contributed by atoms with Crippen molar-refractivity contribution in [2.45, 2.75) is 0 Å². The van der Waals surface area contributed by atoms with E-state index in [-0.39, 0.29) is 24.1 Å². The van der Waals surface area contributed by atoms with Crippen molar-refractivity contribution in [3.8, 4) is 0 Å². The molecular formula is C9H10ClFN2. The van der Waals surface area contributed by atoms with Gasteiger partial charge in [0.15, 0.2) is 0 Å². The first-order chi connectivity index (χ1) is 5.68. The highest BCUT2D eigenvalue weighted by atomic mass is 35.5. The molecule has 0 heterocycles. The van der Waals surface area contributed by atoms with E-state index in [4.69, 9.17) is 11.1 Å². The van der Waals surface area contributed by atoms with Crippen LogP contribution in [0.3, 0.4) is 0 Å². The minimum Gasteiger partial charge on any atom is -0.384 e. The molecule has 0 amide bonds. The zero-order chi connectivity index (χ0) is 8.97. The van der Waals surface area contributed by atoms with E-state index in [2.05, 4.69) is 0 Å². The molecule has 0 radical (unpaired) electrons. The van der Waals surface area contributed by atoms with Crippen LogP contribution in [0.25, 0.3) is 6.08 Å². The van der Waals surface area contributed by atoms with E-state index >= 15 is 0 Å². The van der Waals surface area contributed by atoms with Crippen LogP contribution < -0.4 is 5.73 Å². The summed E-state index contributed by atoms with van der Waals surface area (Å²) in [6, 6.07) is 5.96. The van der Waals surface area contributed by atoms with Crippen LogP contribution in [0, 0.1) is 11.2 Å². The van der Waals surface area contributed by atoms with Gasteiger partial charge < -0.3 is 5.73 Å². The molecule has 0 bridgehead atoms. The predicted molar refractivity (Wildman–Crippen MR) is 54.6 cm³/mol. The van der Waals surface area contributed by atoms with Crippen LogP contribution in [-0.4, -0.2) is 5.84 Å². The first-order valence-corrected chi connectivity index (χ1v) is 3.46. The van der Waals surface area contributed by atoms with Crippen molar-refractivity contribution in [1.29, 1.82) is 5.41 Å². The SMILES string of the molecule is Cl.N=C(N)/C=C/c1ccc(F)cc1. The van der Waals surface area contributed by atoms with E-state index in [1.807, 2.05) is 0 Å². The fourth-order valence-electron chi connectivity index (χ4n) is 0.760. The lowest BCUT2D eigenvalue weighted by molar-refractivity contribution is 0.628. The smallest absolute Gasteiger partial charge is 0.123 e. The minimum atomic E-state index is -0.269. The van der Waals surface area contributed by atoms with Gasteiger partial charge in [-0.25, -0.2) is 4.39 Å². The van der Waals surface area contributed by atoms with Gasteiger partial charge in [0.05, 0.1) is 0 Å². The van der Waals surface area contributed by atoms with Crippen LogP contribution in [0.4, 0.5) is 4.39 Å². The number of halogens is 2. The van der Waals surface area contributed by atoms with E-state index in [0.29, 0.717) is 0 Å². The Balaban J connectivity index is 0.00000144. The van der Waals surface area contributed by atoms with Crippen LogP contribution in [0.1, 0.15) is 5.56 Å². The third-order valence-corrected chi connectivity index (χ3v) is 1.33. The Bertz CT molecular complexity index is 306. The van der Waals surface area contributed by atoms with E-state index < -0.39 is 0 Å². The van der Waals surface area contributed by atoms with Crippen molar-refractivity contribution in [3.63, 3.8) is 0 Å². The second kappa shape index (κ2) is 5.32. The molecule has 0 aliphatic rings. The first-order valence-electron chi connectivity index (χ1n) is 3.46. The zero-order valence-corrected chi connectivity index (χ0v) is 7.64. The number of nitrogens with one attached hydrogen (secondary N) is 1. The second-order valence-electron chi connectivity index (χ2n) is 2.34. The van der Waals surface area contributed by atoms with Gasteiger partial charge in [0.25, 0.3) is 0 Å². The molecule has 0 saturated carbocycles. The van der Waals surface area contributed by atoms with Gasteiger partial charge in [0.1, 0.15) is 11.7 Å². The van der Waals surface area contributed by atoms with Crippen molar-refractivity contribution in [2.24, 2.45) is 5.73 Å². The number of rotatable bonds is 2. The molecular weight excluding hydrogens is 191 g/mol. The van der Waals surface area contributed by atoms with Gasteiger partial charge >= 0.3 is 0 Å². The summed E-state index contributed by atoms with van der Waals surface area (Å²) in [7, 11) is 0. The van der Waals surface area contributed by atoms with Crippen LogP contribution in [0.5, 0.6) is 0 Å². The molecule has 0 aliphatic carbocycles. The largest absolute Gasteiger partial charge is 0.384 e. The summed E-state index contributed by atoms with van der Waals surface area (Å²) < 4.78 is 12.4. The molecule has 0 saturated heterocycles. The molecule has 70 valence electrons. The van der Waals surface area contributed by atoms with E-state index in [0.717, 1.165) is 5.56 Å². The molecule has 0 aromatic heterocycles. The summed E-state index contributed by atoms with van der Waals surface area (Å²) in [5.74, 6) is -0.283. The van der Waals surface area contributed by atoms with Crippen LogP contribution in [0.15, 0.2) is 30.3 Å². The average molecular weight is 201 g/mol. The van der Waals surface area contributed by atoms with Crippen molar-refractivity contribution in [3.05, 3.63) is 41.7 Å². The van der Waals surface area contributed by atoms with Gasteiger partial charge in [-0.15, -0.1) is 12.4 Å². The molecule has 0 unspecified atom stereocenters. The van der Waals surface area contributed by atoms with Gasteiger partial charge in [-0.1, -0.05) is 18.2 Å². The highest BCUT2D eigenvalue weighted by Crippen LogP contribution is 2.03. The Labute approximate surface area is 82.2 Å². The molecule has 0 atom stereocenters. The molecule has 1 rings (SSSR count). The monoisotopic (exact) mass is 200 g/mol. The van der Waals surface area contributed by atoms with Crippen molar-refractivity contribution >= 4 is 24.3 Å². The molecule has 1 aromatic rings. The summed E-state index contributed by atoms with van der Waals surface area (Å²) in [6.45, 7) is 0. The van der Waals surface area contributed by atoms with Crippen molar-refractivity contribution in [2.75, 3.05) is 0 Å². The minimum absolute atomic E-state index is 0. The van der Waals surface area contributed by atoms with Crippen LogP contribution in [-0.2, 0) is 0 Å². The third kappa shape index (κ3) is 4.28. The number of hydrogen-bond donors (Lipinski definition) is 2. The number of amidine groups is 1. The topological polar surface area (TPSA) is 49.9 Å². The Hall–Kier alpha value is -1.35. The Morgan fingerprint density at radius 2 is 1.85 bits per heavy atom. The maximum atomic E-state index is 12.4. The fraction of sp³-hybridized carbons (Fsp3) is 0. The molecule has 0 fully saturated rings. The van der Waals surface area contributed by atoms with Gasteiger partial charge in [0, 0.05) is 0 Å². The van der Waals surface area contributed by atoms with E-state index in [9.17, 15) is 4.39 Å². The average Bonchev–Trinajstić information content (AvgIpc) is 2.03.